The van der Waals surface area contributed by atoms with Gasteiger partial charge in [-0.25, -0.2) is 0 Å². The van der Waals surface area contributed by atoms with Gasteiger partial charge in [-0.2, -0.15) is 0 Å². The second kappa shape index (κ2) is 248. The topological polar surface area (TPSA) is 182 Å². The van der Waals surface area contributed by atoms with Gasteiger partial charge in [0.05, 0.1) is 0 Å². The summed E-state index contributed by atoms with van der Waals surface area (Å²) in [4.78, 5) is 0. The predicted octanol–water partition coefficient (Wildman–Crippen LogP) is -0.301. The van der Waals surface area contributed by atoms with Crippen molar-refractivity contribution in [2.45, 2.75) is 0 Å². The van der Waals surface area contributed by atoms with Gasteiger partial charge in [-0.15, -0.1) is 52.6 Å². The Morgan fingerprint density at radius 2 is 0.391 bits per heavy atom. The van der Waals surface area contributed by atoms with Crippen LogP contribution >= 0.6 is 0 Å². The van der Waals surface area contributed by atoms with Gasteiger partial charge in [-0.1, -0.05) is 0 Å². The minimum atomic E-state index is 0.500. The molecule has 145 valence electrons. The molecule has 0 heterocycles. The third kappa shape index (κ3) is 2560. The van der Waals surface area contributed by atoms with E-state index in [0.29, 0.717) is 45.8 Å². The highest BCUT2D eigenvalue weighted by atomic mass is 14.6. The van der Waals surface area contributed by atoms with Crippen molar-refractivity contribution >= 4 is 0 Å². The first-order valence-corrected chi connectivity index (χ1v) is 6.86. The first-order valence-electron chi connectivity index (χ1n) is 6.86. The maximum atomic E-state index is 4.90. The standard InChI is InChI=1S/3C2H8N2.C2H6N.4C2H4/c3*3-1-2-4;1-2-3;4*1-2/h3*1-4H2;1-3H2;4*1-2H2. The molecule has 0 aromatic rings. The lowest BCUT2D eigenvalue weighted by Crippen LogP contribution is -2.11. The second-order valence-electron chi connectivity index (χ2n) is 2.02. The SMILES string of the molecule is C=C.C=C.C=C.C=C.NCCN.NCCN.NCCN.[CH2]CN. The lowest BCUT2D eigenvalue weighted by atomic mass is 10.7. The minimum Gasteiger partial charge on any atom is -0.330 e. The van der Waals surface area contributed by atoms with E-state index in [-0.39, 0.29) is 0 Å². The van der Waals surface area contributed by atoms with E-state index in [0.717, 1.165) is 0 Å². The van der Waals surface area contributed by atoms with E-state index in [4.69, 9.17) is 40.1 Å². The van der Waals surface area contributed by atoms with Gasteiger partial charge in [-0.05, 0) is 13.5 Å². The maximum Gasteiger partial charge on any atom is 0.00461 e. The molecular weight excluding hydrogens is 290 g/mol. The van der Waals surface area contributed by atoms with Crippen LogP contribution in [0.3, 0.4) is 0 Å². The Morgan fingerprint density at radius 1 is 0.348 bits per heavy atom. The number of nitrogens with two attached hydrogens (primary N) is 7. The molecule has 0 aromatic carbocycles. The van der Waals surface area contributed by atoms with E-state index in [1.807, 2.05) is 0 Å². The number of rotatable bonds is 3. The summed E-state index contributed by atoms with van der Waals surface area (Å²) in [6.07, 6.45) is 0. The van der Waals surface area contributed by atoms with E-state index < -0.39 is 0 Å². The Kier molecular flexibility index (Phi) is 535. The van der Waals surface area contributed by atoms with Crippen molar-refractivity contribution in [3.05, 3.63) is 59.6 Å². The molecule has 1 radical (unpaired) electrons. The smallest absolute Gasteiger partial charge is 0.00461 e. The fourth-order valence-corrected chi connectivity index (χ4v) is 0. The van der Waals surface area contributed by atoms with Gasteiger partial charge < -0.3 is 40.1 Å². The molecule has 0 aliphatic heterocycles. The van der Waals surface area contributed by atoms with Crippen LogP contribution in [0.15, 0.2) is 52.6 Å². The Morgan fingerprint density at radius 3 is 0.391 bits per heavy atom. The molecule has 0 amide bonds. The first-order chi connectivity index (χ1) is 11.2. The molecule has 0 bridgehead atoms. The van der Waals surface area contributed by atoms with Crippen molar-refractivity contribution in [3.63, 3.8) is 0 Å². The zero-order chi connectivity index (χ0) is 20.9. The number of hydrogen-bond acceptors (Lipinski definition) is 7. The van der Waals surface area contributed by atoms with Gasteiger partial charge in [-0.3, -0.25) is 0 Å². The van der Waals surface area contributed by atoms with Crippen LogP contribution in [0.4, 0.5) is 0 Å². The van der Waals surface area contributed by atoms with Crippen LogP contribution in [-0.2, 0) is 0 Å². The summed E-state index contributed by atoms with van der Waals surface area (Å²) in [7, 11) is 0. The molecule has 0 aliphatic rings. The molecule has 0 saturated heterocycles. The molecule has 0 saturated carbocycles. The summed E-state index contributed by atoms with van der Waals surface area (Å²) in [5, 5.41) is 0. The summed E-state index contributed by atoms with van der Waals surface area (Å²) in [5.74, 6) is 0. The van der Waals surface area contributed by atoms with Gasteiger partial charge in [0.1, 0.15) is 0 Å². The van der Waals surface area contributed by atoms with Gasteiger partial charge in [0.2, 0.25) is 0 Å². The van der Waals surface area contributed by atoms with Crippen molar-refractivity contribution in [1.29, 1.82) is 0 Å². The maximum absolute atomic E-state index is 4.90. The Hall–Kier alpha value is -1.32. The van der Waals surface area contributed by atoms with Crippen molar-refractivity contribution in [3.8, 4) is 0 Å². The molecule has 0 aliphatic carbocycles. The van der Waals surface area contributed by atoms with Gasteiger partial charge in [0.15, 0.2) is 0 Å². The largest absolute Gasteiger partial charge is 0.330 e. The zero-order valence-electron chi connectivity index (χ0n) is 15.4. The van der Waals surface area contributed by atoms with E-state index in [9.17, 15) is 0 Å². The number of hydrogen-bond donors (Lipinski definition) is 7. The van der Waals surface area contributed by atoms with E-state index in [2.05, 4.69) is 59.6 Å². The molecule has 0 unspecified atom stereocenters. The van der Waals surface area contributed by atoms with Crippen molar-refractivity contribution < 1.29 is 0 Å². The molecule has 7 nitrogen and oxygen atoms in total. The van der Waals surface area contributed by atoms with E-state index in [1.54, 1.807) is 0 Å². The van der Waals surface area contributed by atoms with Crippen LogP contribution in [0.5, 0.6) is 0 Å². The fraction of sp³-hybridized carbons (Fsp3) is 0.438. The quantitative estimate of drug-likeness (QED) is 0.345. The predicted molar refractivity (Wildman–Crippen MR) is 114 cm³/mol. The summed E-state index contributed by atoms with van der Waals surface area (Å²) >= 11 is 0. The Labute approximate surface area is 146 Å². The third-order valence-electron chi connectivity index (χ3n) is 0.500. The van der Waals surface area contributed by atoms with Crippen LogP contribution in [-0.4, -0.2) is 45.8 Å². The van der Waals surface area contributed by atoms with Crippen molar-refractivity contribution in [2.24, 2.45) is 40.1 Å². The molecule has 0 spiro atoms. The third-order valence-corrected chi connectivity index (χ3v) is 0.500. The van der Waals surface area contributed by atoms with Crippen LogP contribution in [0.1, 0.15) is 0 Å². The monoisotopic (exact) mass is 336 g/mol. The fourth-order valence-electron chi connectivity index (χ4n) is 0. The molecule has 7 heteroatoms. The Bertz CT molecular complexity index is 73.0. The molecule has 0 fully saturated rings. The van der Waals surface area contributed by atoms with Crippen LogP contribution in [0.25, 0.3) is 0 Å². The highest BCUT2D eigenvalue weighted by Crippen LogP contribution is 1.25. The normalized spacial score (nSPS) is 5.39. The lowest BCUT2D eigenvalue weighted by Gasteiger charge is -1.72. The average molecular weight is 337 g/mol. The van der Waals surface area contributed by atoms with Gasteiger partial charge >= 0.3 is 0 Å². The summed E-state index contributed by atoms with van der Waals surface area (Å²) in [5.41, 5.74) is 34.2. The van der Waals surface area contributed by atoms with Gasteiger partial charge in [0, 0.05) is 39.3 Å². The highest BCUT2D eigenvalue weighted by Gasteiger charge is 1.55. The Balaban J connectivity index is -0.0000000191. The van der Waals surface area contributed by atoms with E-state index in [1.165, 1.54) is 0 Å². The van der Waals surface area contributed by atoms with Crippen molar-refractivity contribution in [2.75, 3.05) is 45.8 Å². The van der Waals surface area contributed by atoms with Crippen molar-refractivity contribution in [1.82, 2.24) is 0 Å². The van der Waals surface area contributed by atoms with E-state index >= 15 is 0 Å². The van der Waals surface area contributed by atoms with Gasteiger partial charge in [0.25, 0.3) is 0 Å². The molecular formula is C16H46N7. The summed E-state index contributed by atoms with van der Waals surface area (Å²) < 4.78 is 0. The lowest BCUT2D eigenvalue weighted by molar-refractivity contribution is 0.976. The molecule has 23 heavy (non-hydrogen) atoms. The minimum absolute atomic E-state index is 0.500. The summed E-state index contributed by atoms with van der Waals surface area (Å²) in [6.45, 7) is 31.3. The summed E-state index contributed by atoms with van der Waals surface area (Å²) in [6, 6.07) is 0. The second-order valence-corrected chi connectivity index (χ2v) is 2.02. The molecule has 0 atom stereocenters. The molecule has 0 aromatic heterocycles. The molecule has 0 rings (SSSR count). The van der Waals surface area contributed by atoms with Crippen LogP contribution in [0, 0.1) is 6.92 Å². The molecule has 14 N–H and O–H groups in total. The average Bonchev–Trinajstić information content (AvgIpc) is 2.68. The first kappa shape index (κ1) is 49.5. The zero-order valence-corrected chi connectivity index (χ0v) is 15.4. The highest BCUT2D eigenvalue weighted by molar-refractivity contribution is 4.27. The van der Waals surface area contributed by atoms with Crippen LogP contribution in [0.2, 0.25) is 0 Å². The van der Waals surface area contributed by atoms with Crippen LogP contribution < -0.4 is 40.1 Å².